The number of hydrogen-bond donors (Lipinski definition) is 1. The van der Waals surface area contributed by atoms with Crippen molar-refractivity contribution in [3.63, 3.8) is 0 Å². The third-order valence-corrected chi connectivity index (χ3v) is 3.73. The van der Waals surface area contributed by atoms with Gasteiger partial charge in [0.25, 0.3) is 0 Å². The second kappa shape index (κ2) is 7.12. The maximum absolute atomic E-state index is 11.8. The first-order valence-electron chi connectivity index (χ1n) is 8.00. The second-order valence-corrected chi connectivity index (χ2v) is 5.53. The second-order valence-electron chi connectivity index (χ2n) is 5.53. The van der Waals surface area contributed by atoms with E-state index in [0.717, 1.165) is 35.4 Å². The number of nitrogens with one attached hydrogen (secondary N) is 1. The lowest BCUT2D eigenvalue weighted by atomic mass is 10.1. The summed E-state index contributed by atoms with van der Waals surface area (Å²) in [4.78, 5) is 16.3. The molecule has 3 aromatic rings. The van der Waals surface area contributed by atoms with Gasteiger partial charge in [0.1, 0.15) is 0 Å². The fourth-order valence-corrected chi connectivity index (χ4v) is 2.40. The van der Waals surface area contributed by atoms with E-state index in [1.807, 2.05) is 36.5 Å². The quantitative estimate of drug-likeness (QED) is 0.753. The lowest BCUT2D eigenvalue weighted by Gasteiger charge is -2.05. The zero-order valence-electron chi connectivity index (χ0n) is 13.8. The Kier molecular flexibility index (Phi) is 4.74. The van der Waals surface area contributed by atoms with Gasteiger partial charge in [0.15, 0.2) is 5.65 Å². The van der Waals surface area contributed by atoms with E-state index in [9.17, 15) is 4.79 Å². The predicted octanol–water partition coefficient (Wildman–Crippen LogP) is 3.53. The number of unbranched alkanes of at least 4 members (excludes halogenated alkanes) is 1. The number of carbonyl (C=O) groups excluding carboxylic acids is 1. The number of methoxy groups -OCH3 is 1. The Bertz CT molecular complexity index is 840. The highest BCUT2D eigenvalue weighted by atomic mass is 16.5. The van der Waals surface area contributed by atoms with Crippen molar-refractivity contribution in [2.24, 2.45) is 0 Å². The monoisotopic (exact) mass is 324 g/mol. The summed E-state index contributed by atoms with van der Waals surface area (Å²) < 4.78 is 6.81. The topological polar surface area (TPSA) is 68.5 Å². The molecule has 24 heavy (non-hydrogen) atoms. The van der Waals surface area contributed by atoms with E-state index in [2.05, 4.69) is 22.3 Å². The van der Waals surface area contributed by atoms with Crippen LogP contribution in [0.2, 0.25) is 0 Å². The van der Waals surface area contributed by atoms with Gasteiger partial charge in [-0.1, -0.05) is 25.5 Å². The molecule has 0 unspecified atom stereocenters. The van der Waals surface area contributed by atoms with Gasteiger partial charge in [-0.15, -0.1) is 5.10 Å². The summed E-state index contributed by atoms with van der Waals surface area (Å²) in [5.41, 5.74) is 3.33. The van der Waals surface area contributed by atoms with Crippen molar-refractivity contribution in [1.29, 1.82) is 0 Å². The molecule has 0 fully saturated rings. The molecular formula is C18H20N4O2. The van der Waals surface area contributed by atoms with E-state index in [-0.39, 0.29) is 5.91 Å². The highest BCUT2D eigenvalue weighted by Crippen LogP contribution is 2.22. The minimum atomic E-state index is 0.0497. The molecule has 0 bridgehead atoms. The van der Waals surface area contributed by atoms with Crippen LogP contribution in [0.25, 0.3) is 16.9 Å². The molecule has 6 heteroatoms. The molecule has 3 rings (SSSR count). The van der Waals surface area contributed by atoms with Crippen molar-refractivity contribution < 1.29 is 9.53 Å². The van der Waals surface area contributed by atoms with Gasteiger partial charge in [-0.3, -0.25) is 4.79 Å². The van der Waals surface area contributed by atoms with Crippen LogP contribution in [0.4, 0.5) is 5.69 Å². The van der Waals surface area contributed by atoms with Gasteiger partial charge in [-0.05, 0) is 24.6 Å². The Balaban J connectivity index is 1.76. The maximum atomic E-state index is 11.8. The molecular weight excluding hydrogens is 304 g/mol. The average Bonchev–Trinajstić information content (AvgIpc) is 3.03. The van der Waals surface area contributed by atoms with E-state index in [4.69, 9.17) is 4.74 Å². The van der Waals surface area contributed by atoms with Gasteiger partial charge in [0, 0.05) is 23.7 Å². The summed E-state index contributed by atoms with van der Waals surface area (Å²) >= 11 is 0. The van der Waals surface area contributed by atoms with Crippen LogP contribution in [-0.2, 0) is 4.79 Å². The number of anilines is 1. The van der Waals surface area contributed by atoms with Gasteiger partial charge in [-0.2, -0.15) is 0 Å². The zero-order chi connectivity index (χ0) is 16.9. The number of fused-ring (bicyclic) bond motifs is 1. The molecule has 2 heterocycles. The van der Waals surface area contributed by atoms with Crippen molar-refractivity contribution in [3.8, 4) is 17.1 Å². The number of hydrogen-bond acceptors (Lipinski definition) is 4. The molecule has 124 valence electrons. The first-order chi connectivity index (χ1) is 11.7. The number of nitrogens with zero attached hydrogens (tertiary/aromatic N) is 3. The molecule has 1 amide bonds. The van der Waals surface area contributed by atoms with Crippen molar-refractivity contribution in [2.75, 3.05) is 12.4 Å². The molecule has 2 aromatic heterocycles. The van der Waals surface area contributed by atoms with Crippen LogP contribution in [-0.4, -0.2) is 27.6 Å². The summed E-state index contributed by atoms with van der Waals surface area (Å²) in [6, 6.07) is 11.3. The molecule has 1 N–H and O–H groups in total. The van der Waals surface area contributed by atoms with Crippen LogP contribution in [0.15, 0.2) is 42.6 Å². The van der Waals surface area contributed by atoms with Gasteiger partial charge in [0.05, 0.1) is 19.0 Å². The SMILES string of the molecule is CCCCC(=O)Nc1ccc(-c2cn3nc(OC)ccc3n2)cc1. The number of aromatic nitrogens is 3. The predicted molar refractivity (Wildman–Crippen MR) is 93.1 cm³/mol. The molecule has 0 aliphatic rings. The molecule has 0 atom stereocenters. The first kappa shape index (κ1) is 16.0. The molecule has 6 nitrogen and oxygen atoms in total. The third-order valence-electron chi connectivity index (χ3n) is 3.73. The van der Waals surface area contributed by atoms with Crippen LogP contribution < -0.4 is 10.1 Å². The largest absolute Gasteiger partial charge is 0.480 e. The number of carbonyl (C=O) groups is 1. The van der Waals surface area contributed by atoms with Crippen molar-refractivity contribution in [1.82, 2.24) is 14.6 Å². The Morgan fingerprint density at radius 3 is 2.71 bits per heavy atom. The van der Waals surface area contributed by atoms with Gasteiger partial charge in [0.2, 0.25) is 11.8 Å². The van der Waals surface area contributed by atoms with Crippen molar-refractivity contribution in [3.05, 3.63) is 42.6 Å². The maximum Gasteiger partial charge on any atom is 0.231 e. The molecule has 0 spiro atoms. The molecule has 0 saturated carbocycles. The van der Waals surface area contributed by atoms with E-state index < -0.39 is 0 Å². The Morgan fingerprint density at radius 1 is 1.21 bits per heavy atom. The van der Waals surface area contributed by atoms with E-state index in [1.54, 1.807) is 17.7 Å². The number of benzene rings is 1. The molecule has 0 saturated heterocycles. The van der Waals surface area contributed by atoms with Crippen molar-refractivity contribution >= 4 is 17.2 Å². The number of ether oxygens (including phenoxy) is 1. The lowest BCUT2D eigenvalue weighted by molar-refractivity contribution is -0.116. The zero-order valence-corrected chi connectivity index (χ0v) is 13.8. The van der Waals surface area contributed by atoms with E-state index >= 15 is 0 Å². The molecule has 0 radical (unpaired) electrons. The van der Waals surface area contributed by atoms with Crippen LogP contribution in [0.3, 0.4) is 0 Å². The average molecular weight is 324 g/mol. The van der Waals surface area contributed by atoms with E-state index in [0.29, 0.717) is 12.3 Å². The summed E-state index contributed by atoms with van der Waals surface area (Å²) in [7, 11) is 1.58. The number of amides is 1. The number of imidazole rings is 1. The van der Waals surface area contributed by atoms with E-state index in [1.165, 1.54) is 0 Å². The van der Waals surface area contributed by atoms with Crippen molar-refractivity contribution in [2.45, 2.75) is 26.2 Å². The third kappa shape index (κ3) is 3.53. The summed E-state index contributed by atoms with van der Waals surface area (Å²) in [5, 5.41) is 7.20. The highest BCUT2D eigenvalue weighted by Gasteiger charge is 2.07. The highest BCUT2D eigenvalue weighted by molar-refractivity contribution is 5.90. The van der Waals surface area contributed by atoms with Crippen LogP contribution in [0.1, 0.15) is 26.2 Å². The molecule has 1 aromatic carbocycles. The number of rotatable bonds is 6. The Labute approximate surface area is 140 Å². The standard InChI is InChI=1S/C18H20N4O2/c1-3-4-5-17(23)19-14-8-6-13(7-9-14)15-12-22-16(20-15)10-11-18(21-22)24-2/h6-12H,3-5H2,1-2H3,(H,19,23). The first-order valence-corrected chi connectivity index (χ1v) is 8.00. The fraction of sp³-hybridized carbons (Fsp3) is 0.278. The van der Waals surface area contributed by atoms with Crippen LogP contribution in [0, 0.1) is 0 Å². The van der Waals surface area contributed by atoms with Crippen LogP contribution >= 0.6 is 0 Å². The van der Waals surface area contributed by atoms with Crippen LogP contribution in [0.5, 0.6) is 5.88 Å². The minimum Gasteiger partial charge on any atom is -0.480 e. The van der Waals surface area contributed by atoms with Gasteiger partial charge >= 0.3 is 0 Å². The lowest BCUT2D eigenvalue weighted by Crippen LogP contribution is -2.10. The van der Waals surface area contributed by atoms with Gasteiger partial charge < -0.3 is 10.1 Å². The summed E-state index contributed by atoms with van der Waals surface area (Å²) in [6.07, 6.45) is 4.32. The Hall–Kier alpha value is -2.89. The summed E-state index contributed by atoms with van der Waals surface area (Å²) in [6.45, 7) is 2.07. The molecule has 0 aliphatic carbocycles. The smallest absolute Gasteiger partial charge is 0.231 e. The fourth-order valence-electron chi connectivity index (χ4n) is 2.40. The summed E-state index contributed by atoms with van der Waals surface area (Å²) in [5.74, 6) is 0.588. The Morgan fingerprint density at radius 2 is 2.00 bits per heavy atom. The normalized spacial score (nSPS) is 10.8. The minimum absolute atomic E-state index is 0.0497. The van der Waals surface area contributed by atoms with Gasteiger partial charge in [-0.25, -0.2) is 9.50 Å². The molecule has 0 aliphatic heterocycles.